The monoisotopic (exact) mass is 182 g/mol. The zero-order valence-corrected chi connectivity index (χ0v) is 8.55. The van der Waals surface area contributed by atoms with Gasteiger partial charge in [0.15, 0.2) is 0 Å². The van der Waals surface area contributed by atoms with Gasteiger partial charge in [-0.3, -0.25) is 4.79 Å². The zero-order valence-electron chi connectivity index (χ0n) is 8.55. The molecule has 0 radical (unpaired) electrons. The van der Waals surface area contributed by atoms with Crippen LogP contribution in [-0.4, -0.2) is 18.5 Å². The summed E-state index contributed by atoms with van der Waals surface area (Å²) < 4.78 is 0. The van der Waals surface area contributed by atoms with Crippen molar-refractivity contribution in [3.8, 4) is 12.3 Å². The predicted octanol–water partition coefficient (Wildman–Crippen LogP) is 0.499. The molecule has 13 heavy (non-hydrogen) atoms. The van der Waals surface area contributed by atoms with Gasteiger partial charge in [0.05, 0.1) is 11.5 Å². The maximum absolute atomic E-state index is 11.5. The normalized spacial score (nSPS) is 13.2. The first-order chi connectivity index (χ1) is 5.97. The summed E-state index contributed by atoms with van der Waals surface area (Å²) in [4.78, 5) is 11.5. The number of nitrogens with two attached hydrogens (primary N) is 1. The van der Waals surface area contributed by atoms with Crippen LogP contribution in [0.1, 0.15) is 27.2 Å². The van der Waals surface area contributed by atoms with E-state index in [0.29, 0.717) is 6.54 Å². The van der Waals surface area contributed by atoms with E-state index in [0.717, 1.165) is 6.42 Å². The molecular formula is C10H18N2O. The van der Waals surface area contributed by atoms with Crippen LogP contribution in [0.2, 0.25) is 0 Å². The Kier molecular flexibility index (Phi) is 4.50. The lowest BCUT2D eigenvalue weighted by molar-refractivity contribution is -0.129. The van der Waals surface area contributed by atoms with Crippen molar-refractivity contribution in [2.45, 2.75) is 33.2 Å². The Morgan fingerprint density at radius 1 is 1.69 bits per heavy atom. The van der Waals surface area contributed by atoms with Gasteiger partial charge in [0, 0.05) is 6.54 Å². The van der Waals surface area contributed by atoms with Gasteiger partial charge < -0.3 is 11.1 Å². The van der Waals surface area contributed by atoms with Gasteiger partial charge in [-0.2, -0.15) is 0 Å². The molecule has 3 N–H and O–H groups in total. The van der Waals surface area contributed by atoms with Gasteiger partial charge in [-0.25, -0.2) is 0 Å². The topological polar surface area (TPSA) is 55.1 Å². The fourth-order valence-corrected chi connectivity index (χ4v) is 0.708. The smallest absolute Gasteiger partial charge is 0.227 e. The van der Waals surface area contributed by atoms with Crippen molar-refractivity contribution in [3.63, 3.8) is 0 Å². The van der Waals surface area contributed by atoms with Gasteiger partial charge in [-0.15, -0.1) is 6.42 Å². The summed E-state index contributed by atoms with van der Waals surface area (Å²) in [5, 5.41) is 2.75. The fraction of sp³-hybridized carbons (Fsp3) is 0.700. The first-order valence-electron chi connectivity index (χ1n) is 4.45. The lowest BCUT2D eigenvalue weighted by Gasteiger charge is -2.23. The molecule has 0 aromatic carbocycles. The fourth-order valence-electron chi connectivity index (χ4n) is 0.708. The molecule has 3 nitrogen and oxygen atoms in total. The number of carbonyl (C=O) groups excluding carboxylic acids is 1. The first kappa shape index (κ1) is 12.0. The molecule has 74 valence electrons. The lowest BCUT2D eigenvalue weighted by atomic mass is 9.92. The molecule has 0 spiro atoms. The minimum absolute atomic E-state index is 0.0835. The molecule has 0 heterocycles. The molecule has 0 rings (SSSR count). The van der Waals surface area contributed by atoms with E-state index in [2.05, 4.69) is 11.2 Å². The molecule has 1 atom stereocenters. The number of hydrogen-bond acceptors (Lipinski definition) is 2. The summed E-state index contributed by atoms with van der Waals surface area (Å²) in [5.74, 6) is 2.42. The number of nitrogens with one attached hydrogen (secondary N) is 1. The summed E-state index contributed by atoms with van der Waals surface area (Å²) in [7, 11) is 0. The molecule has 1 amide bonds. The summed E-state index contributed by atoms with van der Waals surface area (Å²) in [5.41, 5.74) is 4.92. The van der Waals surface area contributed by atoms with Gasteiger partial charge >= 0.3 is 0 Å². The minimum Gasteiger partial charge on any atom is -0.342 e. The molecule has 0 saturated heterocycles. The molecule has 0 aromatic rings. The van der Waals surface area contributed by atoms with E-state index < -0.39 is 5.41 Å². The molecule has 0 fully saturated rings. The van der Waals surface area contributed by atoms with Gasteiger partial charge in [-0.1, -0.05) is 12.8 Å². The maximum Gasteiger partial charge on any atom is 0.227 e. The van der Waals surface area contributed by atoms with Gasteiger partial charge in [0.25, 0.3) is 0 Å². The van der Waals surface area contributed by atoms with E-state index in [1.54, 1.807) is 13.8 Å². The Balaban J connectivity index is 4.23. The number of hydrogen-bond donors (Lipinski definition) is 2. The Morgan fingerprint density at radius 3 is 2.54 bits per heavy atom. The van der Waals surface area contributed by atoms with Crippen molar-refractivity contribution in [1.82, 2.24) is 5.32 Å². The van der Waals surface area contributed by atoms with Crippen molar-refractivity contribution >= 4 is 5.91 Å². The molecule has 0 aliphatic heterocycles. The van der Waals surface area contributed by atoms with Crippen LogP contribution in [0.4, 0.5) is 0 Å². The van der Waals surface area contributed by atoms with Gasteiger partial charge in [0.1, 0.15) is 0 Å². The average molecular weight is 182 g/mol. The highest BCUT2D eigenvalue weighted by atomic mass is 16.2. The molecular weight excluding hydrogens is 164 g/mol. The van der Waals surface area contributed by atoms with Crippen LogP contribution < -0.4 is 11.1 Å². The summed E-state index contributed by atoms with van der Waals surface area (Å²) in [6, 6.07) is -0.182. The molecule has 0 aliphatic rings. The Hall–Kier alpha value is -1.01. The number of carbonyl (C=O) groups is 1. The van der Waals surface area contributed by atoms with E-state index >= 15 is 0 Å². The van der Waals surface area contributed by atoms with E-state index in [1.165, 1.54) is 0 Å². The summed E-state index contributed by atoms with van der Waals surface area (Å²) in [6.45, 7) is 5.84. The SMILES string of the molecule is C#CC(CC)NC(=O)C(C)(C)CN. The average Bonchev–Trinajstić information content (AvgIpc) is 2.13. The first-order valence-corrected chi connectivity index (χ1v) is 4.45. The minimum atomic E-state index is -0.537. The highest BCUT2D eigenvalue weighted by molar-refractivity contribution is 5.82. The van der Waals surface area contributed by atoms with Gasteiger partial charge in [-0.05, 0) is 20.3 Å². The third-order valence-corrected chi connectivity index (χ3v) is 2.04. The quantitative estimate of drug-likeness (QED) is 0.622. The van der Waals surface area contributed by atoms with Crippen LogP contribution in [0, 0.1) is 17.8 Å². The van der Waals surface area contributed by atoms with E-state index in [4.69, 9.17) is 12.2 Å². The van der Waals surface area contributed by atoms with Crippen LogP contribution in [0.3, 0.4) is 0 Å². The van der Waals surface area contributed by atoms with Crippen LogP contribution >= 0.6 is 0 Å². The largest absolute Gasteiger partial charge is 0.342 e. The van der Waals surface area contributed by atoms with Crippen LogP contribution in [0.15, 0.2) is 0 Å². The summed E-state index contributed by atoms with van der Waals surface area (Å²) in [6.07, 6.45) is 5.96. The second-order valence-electron chi connectivity index (χ2n) is 3.69. The number of rotatable bonds is 4. The predicted molar refractivity (Wildman–Crippen MR) is 53.9 cm³/mol. The molecule has 0 saturated carbocycles. The second-order valence-corrected chi connectivity index (χ2v) is 3.69. The molecule has 3 heteroatoms. The maximum atomic E-state index is 11.5. The van der Waals surface area contributed by atoms with Crippen molar-refractivity contribution < 1.29 is 4.79 Å². The van der Waals surface area contributed by atoms with Crippen molar-refractivity contribution in [2.75, 3.05) is 6.54 Å². The summed E-state index contributed by atoms with van der Waals surface area (Å²) >= 11 is 0. The second kappa shape index (κ2) is 4.88. The Bertz CT molecular complexity index is 215. The van der Waals surface area contributed by atoms with Gasteiger partial charge in [0.2, 0.25) is 5.91 Å². The number of terminal acetylenes is 1. The zero-order chi connectivity index (χ0) is 10.5. The molecule has 1 unspecified atom stereocenters. The van der Waals surface area contributed by atoms with Crippen molar-refractivity contribution in [3.05, 3.63) is 0 Å². The standard InChI is InChI=1S/C10H18N2O/c1-5-8(6-2)12-9(13)10(3,4)7-11/h1,8H,6-7,11H2,2-4H3,(H,12,13). The van der Waals surface area contributed by atoms with Crippen LogP contribution in [0.25, 0.3) is 0 Å². The third-order valence-electron chi connectivity index (χ3n) is 2.04. The van der Waals surface area contributed by atoms with E-state index in [-0.39, 0.29) is 11.9 Å². The van der Waals surface area contributed by atoms with E-state index in [1.807, 2.05) is 6.92 Å². The van der Waals surface area contributed by atoms with Crippen LogP contribution in [-0.2, 0) is 4.79 Å². The Labute approximate surface area is 80.1 Å². The molecule has 0 bridgehead atoms. The Morgan fingerprint density at radius 2 is 2.23 bits per heavy atom. The van der Waals surface area contributed by atoms with Crippen molar-refractivity contribution in [2.24, 2.45) is 11.1 Å². The molecule has 0 aromatic heterocycles. The lowest BCUT2D eigenvalue weighted by Crippen LogP contribution is -2.45. The van der Waals surface area contributed by atoms with Crippen LogP contribution in [0.5, 0.6) is 0 Å². The highest BCUT2D eigenvalue weighted by Gasteiger charge is 2.26. The van der Waals surface area contributed by atoms with E-state index in [9.17, 15) is 4.79 Å². The highest BCUT2D eigenvalue weighted by Crippen LogP contribution is 2.12. The van der Waals surface area contributed by atoms with Crippen molar-refractivity contribution in [1.29, 1.82) is 0 Å². The number of amides is 1. The molecule has 0 aliphatic carbocycles. The third kappa shape index (κ3) is 3.47.